The lowest BCUT2D eigenvalue weighted by molar-refractivity contribution is -0.315. The minimum atomic E-state index is -4.12. The van der Waals surface area contributed by atoms with Crippen molar-refractivity contribution in [3.63, 3.8) is 0 Å². The summed E-state index contributed by atoms with van der Waals surface area (Å²) in [5, 5.41) is 62.9. The van der Waals surface area contributed by atoms with Crippen molar-refractivity contribution < 1.29 is 58.0 Å². The number of hydrogen-bond donors (Lipinski definition) is 10. The van der Waals surface area contributed by atoms with Crippen molar-refractivity contribution >= 4 is 10.0 Å². The van der Waals surface area contributed by atoms with Gasteiger partial charge in [-0.2, -0.15) is 0 Å². The number of rotatable bonds is 9. The standard InChI is InChI=1S/C24H40N4O12S/c1-9(29)20-18(33)17(32)14(27)23(38-20)39-21-11(26)7-12(28-41(35,36)10-5-3-2-4-6-10)15(30)22(21)40-24-19(34)16(31)13(8-25)37-24/h2-6,9,11-24,28-34H,7-8,25-27H2,1H3/t9-,11?,12?,13?,14?,15?,16?,17?,18?,19?,20?,21?,22?,23?,24?/m1/s1. The van der Waals surface area contributed by atoms with Gasteiger partial charge in [0.05, 0.1) is 29.2 Å². The summed E-state index contributed by atoms with van der Waals surface area (Å²) in [4.78, 5) is -0.0571. The van der Waals surface area contributed by atoms with Crippen molar-refractivity contribution in [1.29, 1.82) is 0 Å². The normalized spacial score (nSPS) is 44.5. The van der Waals surface area contributed by atoms with Crippen LogP contribution in [-0.2, 0) is 29.0 Å². The van der Waals surface area contributed by atoms with Gasteiger partial charge < -0.3 is 66.8 Å². The lowest BCUT2D eigenvalue weighted by Crippen LogP contribution is -2.69. The molecule has 0 aromatic heterocycles. The Kier molecular flexibility index (Phi) is 10.4. The molecule has 41 heavy (non-hydrogen) atoms. The van der Waals surface area contributed by atoms with E-state index in [1.807, 2.05) is 0 Å². The average molecular weight is 609 g/mol. The van der Waals surface area contributed by atoms with Crippen LogP contribution in [0, 0.1) is 0 Å². The Labute approximate surface area is 237 Å². The van der Waals surface area contributed by atoms with Gasteiger partial charge in [0, 0.05) is 12.6 Å². The Morgan fingerprint density at radius 2 is 1.56 bits per heavy atom. The van der Waals surface area contributed by atoms with Crippen LogP contribution in [-0.4, -0.2) is 137 Å². The lowest BCUT2D eigenvalue weighted by Gasteiger charge is -2.48. The summed E-state index contributed by atoms with van der Waals surface area (Å²) in [7, 11) is -4.12. The molecule has 1 saturated carbocycles. The first-order valence-corrected chi connectivity index (χ1v) is 14.7. The lowest BCUT2D eigenvalue weighted by atomic mass is 9.84. The van der Waals surface area contributed by atoms with Crippen LogP contribution in [0.5, 0.6) is 0 Å². The van der Waals surface area contributed by atoms with Gasteiger partial charge >= 0.3 is 0 Å². The highest BCUT2D eigenvalue weighted by Gasteiger charge is 2.53. The first-order valence-electron chi connectivity index (χ1n) is 13.3. The number of nitrogens with one attached hydrogen (secondary N) is 1. The van der Waals surface area contributed by atoms with E-state index in [1.165, 1.54) is 31.2 Å². The first-order chi connectivity index (χ1) is 19.3. The largest absolute Gasteiger partial charge is 0.391 e. The number of aliphatic hydroxyl groups excluding tert-OH is 6. The fourth-order valence-corrected chi connectivity index (χ4v) is 6.60. The summed E-state index contributed by atoms with van der Waals surface area (Å²) in [6.07, 6.45) is -17.2. The van der Waals surface area contributed by atoms with E-state index in [2.05, 4.69) is 4.72 Å². The molecule has 0 amide bonds. The molecule has 4 rings (SSSR count). The minimum absolute atomic E-state index is 0.0571. The van der Waals surface area contributed by atoms with Crippen LogP contribution in [0.3, 0.4) is 0 Å². The topological polar surface area (TPSA) is 283 Å². The van der Waals surface area contributed by atoms with Gasteiger partial charge in [-0.3, -0.25) is 0 Å². The summed E-state index contributed by atoms with van der Waals surface area (Å²) < 4.78 is 51.5. The average Bonchev–Trinajstić information content (AvgIpc) is 3.21. The second-order valence-electron chi connectivity index (χ2n) is 10.7. The smallest absolute Gasteiger partial charge is 0.240 e. The van der Waals surface area contributed by atoms with E-state index in [9.17, 15) is 39.1 Å². The fraction of sp³-hybridized carbons (Fsp3) is 0.750. The number of benzene rings is 1. The summed E-state index contributed by atoms with van der Waals surface area (Å²) in [6, 6.07) is 3.87. The molecule has 1 aromatic carbocycles. The van der Waals surface area contributed by atoms with E-state index >= 15 is 0 Å². The van der Waals surface area contributed by atoms with Crippen LogP contribution in [0.2, 0.25) is 0 Å². The van der Waals surface area contributed by atoms with Crippen molar-refractivity contribution in [2.45, 2.75) is 110 Å². The molecule has 0 bridgehead atoms. The molecule has 3 fully saturated rings. The number of aliphatic hydroxyl groups is 6. The van der Waals surface area contributed by atoms with E-state index in [-0.39, 0.29) is 17.9 Å². The van der Waals surface area contributed by atoms with Gasteiger partial charge in [0.2, 0.25) is 10.0 Å². The molecule has 16 nitrogen and oxygen atoms in total. The molecule has 2 aliphatic heterocycles. The van der Waals surface area contributed by atoms with E-state index in [0.717, 1.165) is 0 Å². The molecule has 0 radical (unpaired) electrons. The van der Waals surface area contributed by atoms with E-state index < -0.39 is 102 Å². The number of sulfonamides is 1. The van der Waals surface area contributed by atoms with E-state index in [0.29, 0.717) is 0 Å². The van der Waals surface area contributed by atoms with Crippen molar-refractivity contribution in [2.75, 3.05) is 6.54 Å². The Morgan fingerprint density at radius 1 is 0.927 bits per heavy atom. The van der Waals surface area contributed by atoms with E-state index in [4.69, 9.17) is 36.1 Å². The highest BCUT2D eigenvalue weighted by Crippen LogP contribution is 2.33. The van der Waals surface area contributed by atoms with Crippen LogP contribution in [0.1, 0.15) is 13.3 Å². The Balaban J connectivity index is 1.61. The molecule has 2 heterocycles. The maximum Gasteiger partial charge on any atom is 0.240 e. The Morgan fingerprint density at radius 3 is 2.15 bits per heavy atom. The second-order valence-corrected chi connectivity index (χ2v) is 12.4. The monoisotopic (exact) mass is 608 g/mol. The maximum absolute atomic E-state index is 13.0. The molecule has 14 unspecified atom stereocenters. The highest BCUT2D eigenvalue weighted by molar-refractivity contribution is 7.89. The van der Waals surface area contributed by atoms with Gasteiger partial charge in [-0.1, -0.05) is 18.2 Å². The predicted molar refractivity (Wildman–Crippen MR) is 139 cm³/mol. The third-order valence-corrected chi connectivity index (χ3v) is 9.18. The SMILES string of the molecule is C[C@@H](O)C1OC(OC2C(N)CC(NS(=O)(=O)c3ccccc3)C(O)C2OC2OC(CN)C(O)C2O)C(N)C(O)C1O. The number of nitrogens with two attached hydrogens (primary N) is 3. The molecular formula is C24H40N4O12S. The van der Waals surface area contributed by atoms with Crippen LogP contribution in [0.4, 0.5) is 0 Å². The fourth-order valence-electron chi connectivity index (χ4n) is 5.32. The van der Waals surface area contributed by atoms with Crippen molar-refractivity contribution in [2.24, 2.45) is 17.2 Å². The predicted octanol–water partition coefficient (Wildman–Crippen LogP) is -5.24. The third kappa shape index (κ3) is 6.74. The zero-order valence-corrected chi connectivity index (χ0v) is 23.1. The number of ether oxygens (including phenoxy) is 4. The molecule has 3 aliphatic rings. The quantitative estimate of drug-likeness (QED) is 0.125. The summed E-state index contributed by atoms with van der Waals surface area (Å²) in [5.74, 6) is 0. The molecule has 234 valence electrons. The summed E-state index contributed by atoms with van der Waals surface area (Å²) >= 11 is 0. The zero-order chi connectivity index (χ0) is 30.2. The van der Waals surface area contributed by atoms with Crippen LogP contribution in [0.25, 0.3) is 0 Å². The second kappa shape index (κ2) is 13.1. The summed E-state index contributed by atoms with van der Waals surface area (Å²) in [5.41, 5.74) is 18.0. The molecular weight excluding hydrogens is 568 g/mol. The van der Waals surface area contributed by atoms with Gasteiger partial charge in [-0.15, -0.1) is 0 Å². The van der Waals surface area contributed by atoms with Crippen LogP contribution in [0.15, 0.2) is 35.2 Å². The molecule has 1 aliphatic carbocycles. The van der Waals surface area contributed by atoms with Crippen LogP contribution < -0.4 is 21.9 Å². The summed E-state index contributed by atoms with van der Waals surface area (Å²) in [6.45, 7) is 1.17. The maximum atomic E-state index is 13.0. The molecule has 0 spiro atoms. The Bertz CT molecular complexity index is 1100. The first kappa shape index (κ1) is 32.5. The molecule has 13 N–H and O–H groups in total. The van der Waals surface area contributed by atoms with Crippen molar-refractivity contribution in [1.82, 2.24) is 4.72 Å². The van der Waals surface area contributed by atoms with Gasteiger partial charge in [-0.25, -0.2) is 13.1 Å². The van der Waals surface area contributed by atoms with Gasteiger partial charge in [0.15, 0.2) is 12.6 Å². The number of hydrogen-bond acceptors (Lipinski definition) is 15. The molecule has 17 heteroatoms. The van der Waals surface area contributed by atoms with Gasteiger partial charge in [-0.05, 0) is 25.5 Å². The molecule has 2 saturated heterocycles. The zero-order valence-electron chi connectivity index (χ0n) is 22.2. The third-order valence-electron chi connectivity index (χ3n) is 7.68. The van der Waals surface area contributed by atoms with Crippen molar-refractivity contribution in [3.8, 4) is 0 Å². The molecule has 15 atom stereocenters. The van der Waals surface area contributed by atoms with Crippen LogP contribution >= 0.6 is 0 Å². The van der Waals surface area contributed by atoms with Gasteiger partial charge in [0.25, 0.3) is 0 Å². The minimum Gasteiger partial charge on any atom is -0.391 e. The molecule has 1 aromatic rings. The highest BCUT2D eigenvalue weighted by atomic mass is 32.2. The van der Waals surface area contributed by atoms with E-state index in [1.54, 1.807) is 6.07 Å². The Hall–Kier alpha value is -1.39. The van der Waals surface area contributed by atoms with Crippen molar-refractivity contribution in [3.05, 3.63) is 30.3 Å². The van der Waals surface area contributed by atoms with Gasteiger partial charge in [0.1, 0.15) is 48.8 Å².